The van der Waals surface area contributed by atoms with Crippen LogP contribution in [0.2, 0.25) is 0 Å². The summed E-state index contributed by atoms with van der Waals surface area (Å²) in [5, 5.41) is 7.16. The summed E-state index contributed by atoms with van der Waals surface area (Å²) < 4.78 is 0. The Morgan fingerprint density at radius 1 is 0.190 bits per heavy atom. The predicted molar refractivity (Wildman–Crippen MR) is 445 cm³/mol. The molecule has 0 aromatic heterocycles. The number of hydrogen-bond donors (Lipinski definition) is 0. The van der Waals surface area contributed by atoms with E-state index in [1.54, 1.807) is 0 Å². The molecule has 0 atom stereocenters. The van der Waals surface area contributed by atoms with Crippen LogP contribution < -0.4 is 9.80 Å². The Bertz CT molecular complexity index is 6330. The maximum Gasteiger partial charge on any atom is 0.0468 e. The zero-order valence-corrected chi connectivity index (χ0v) is 61.0. The third-order valence-corrected chi connectivity index (χ3v) is 24.7. The van der Waals surface area contributed by atoms with Crippen LogP contribution in [0.4, 0.5) is 34.1 Å². The van der Waals surface area contributed by atoms with Crippen molar-refractivity contribution in [2.45, 2.75) is 84.0 Å². The maximum absolute atomic E-state index is 2.54. The molecule has 4 aliphatic rings. The van der Waals surface area contributed by atoms with Crippen LogP contribution in [0.15, 0.2) is 322 Å². The fourth-order valence-electron chi connectivity index (χ4n) is 19.1. The summed E-state index contributed by atoms with van der Waals surface area (Å²) >= 11 is 0. The van der Waals surface area contributed by atoms with Gasteiger partial charge in [0.2, 0.25) is 0 Å². The first-order valence-electron chi connectivity index (χ1n) is 37.4. The van der Waals surface area contributed by atoms with E-state index < -0.39 is 0 Å². The van der Waals surface area contributed by atoms with E-state index >= 15 is 0 Å². The minimum atomic E-state index is -0.228. The highest BCUT2D eigenvalue weighted by Crippen LogP contribution is 2.57. The highest BCUT2D eigenvalue weighted by Gasteiger charge is 2.40. The van der Waals surface area contributed by atoms with Crippen LogP contribution in [0.1, 0.15) is 105 Å². The fraction of sp³-hybridized carbons (Fsp3) is 0.126. The quantitative estimate of drug-likeness (QED) is 0.126. The monoisotopic (exact) mass is 1340 g/mol. The maximum atomic E-state index is 2.54. The molecule has 502 valence electrons. The molecule has 16 aromatic carbocycles. The molecule has 16 aromatic rings. The molecule has 0 fully saturated rings. The van der Waals surface area contributed by atoms with Crippen molar-refractivity contribution in [2.75, 3.05) is 9.80 Å². The summed E-state index contributed by atoms with van der Waals surface area (Å²) in [6, 6.07) is 123. The molecule has 105 heavy (non-hydrogen) atoms. The van der Waals surface area contributed by atoms with Crippen molar-refractivity contribution in [3.8, 4) is 89.0 Å². The number of anilines is 6. The van der Waals surface area contributed by atoms with E-state index in [1.165, 1.54) is 171 Å². The fourth-order valence-corrected chi connectivity index (χ4v) is 19.1. The average molecular weight is 1350 g/mol. The lowest BCUT2D eigenvalue weighted by molar-refractivity contribution is 0.660. The lowest BCUT2D eigenvalue weighted by Gasteiger charge is -2.29. The van der Waals surface area contributed by atoms with E-state index in [0.29, 0.717) is 0 Å². The summed E-state index contributed by atoms with van der Waals surface area (Å²) in [5.41, 5.74) is 38.2. The van der Waals surface area contributed by atoms with Crippen molar-refractivity contribution in [1.29, 1.82) is 0 Å². The van der Waals surface area contributed by atoms with E-state index in [-0.39, 0.29) is 21.7 Å². The molecule has 0 spiro atoms. The molecule has 2 nitrogen and oxygen atoms in total. The molecular formula is C103H80N2. The Labute approximate surface area is 616 Å². The molecule has 0 amide bonds. The molecule has 0 aliphatic heterocycles. The van der Waals surface area contributed by atoms with Gasteiger partial charge in [0.05, 0.1) is 0 Å². The number of fused-ring (bicyclic) bond motifs is 15. The largest absolute Gasteiger partial charge is 0.310 e. The Balaban J connectivity index is 0.814. The first-order chi connectivity index (χ1) is 51.0. The minimum Gasteiger partial charge on any atom is -0.310 e. The molecule has 0 saturated carbocycles. The molecule has 0 heterocycles. The zero-order valence-electron chi connectivity index (χ0n) is 61.0. The smallest absolute Gasteiger partial charge is 0.0468 e. The van der Waals surface area contributed by atoms with Gasteiger partial charge < -0.3 is 9.80 Å². The van der Waals surface area contributed by atoms with Crippen molar-refractivity contribution in [2.24, 2.45) is 0 Å². The molecule has 0 N–H and O–H groups in total. The van der Waals surface area contributed by atoms with Crippen LogP contribution in [0.25, 0.3) is 121 Å². The Morgan fingerprint density at radius 3 is 0.857 bits per heavy atom. The number of hydrogen-bond acceptors (Lipinski definition) is 2. The van der Waals surface area contributed by atoms with Crippen LogP contribution in [0, 0.1) is 6.92 Å². The van der Waals surface area contributed by atoms with Crippen LogP contribution in [-0.2, 0) is 21.7 Å². The molecule has 0 bridgehead atoms. The highest BCUT2D eigenvalue weighted by molar-refractivity contribution is 6.23. The number of aryl methyl sites for hydroxylation is 1. The van der Waals surface area contributed by atoms with E-state index in [0.717, 1.165) is 34.1 Å². The first-order valence-corrected chi connectivity index (χ1v) is 37.4. The van der Waals surface area contributed by atoms with Crippen molar-refractivity contribution in [3.05, 3.63) is 372 Å². The van der Waals surface area contributed by atoms with Gasteiger partial charge >= 0.3 is 0 Å². The molecule has 0 radical (unpaired) electrons. The summed E-state index contributed by atoms with van der Waals surface area (Å²) in [6.07, 6.45) is 0. The van der Waals surface area contributed by atoms with Crippen LogP contribution in [-0.4, -0.2) is 0 Å². The lowest BCUT2D eigenvalue weighted by Crippen LogP contribution is -2.15. The number of rotatable bonds is 10. The second-order valence-electron chi connectivity index (χ2n) is 32.1. The molecule has 0 saturated heterocycles. The van der Waals surface area contributed by atoms with Crippen molar-refractivity contribution in [1.82, 2.24) is 0 Å². The third kappa shape index (κ3) is 9.48. The van der Waals surface area contributed by atoms with Gasteiger partial charge in [-0.15, -0.1) is 0 Å². The molecular weight excluding hydrogens is 1270 g/mol. The van der Waals surface area contributed by atoms with Gasteiger partial charge in [-0.25, -0.2) is 0 Å². The number of nitrogens with zero attached hydrogens (tertiary/aromatic N) is 2. The van der Waals surface area contributed by atoms with Gasteiger partial charge in [-0.1, -0.05) is 285 Å². The van der Waals surface area contributed by atoms with Gasteiger partial charge in [0.15, 0.2) is 0 Å². The van der Waals surface area contributed by atoms with Gasteiger partial charge in [0.25, 0.3) is 0 Å². The second-order valence-corrected chi connectivity index (χ2v) is 32.1. The minimum absolute atomic E-state index is 0.0985. The highest BCUT2D eigenvalue weighted by atomic mass is 15.1. The first kappa shape index (κ1) is 62.7. The van der Waals surface area contributed by atoms with E-state index in [1.807, 2.05) is 0 Å². The predicted octanol–water partition coefficient (Wildman–Crippen LogP) is 28.3. The molecule has 4 aliphatic carbocycles. The standard InChI is InChI=1S/C103H80N2/c1-63-30-41-72(42-31-63)104(73-43-32-65(33-44-73)68-37-50-82-78-22-12-16-26-90(78)100(2,3)94(82)57-68)76-48-54-86-88(61-76)98(70-39-52-84-80-24-14-18-28-92(80)102(6,7)96(84)59-70)87-55-49-77(62-89(87)99(86)71-40-53-85-81-25-15-19-29-93(81)103(8,9)97(85)60-71)105(75-47-36-64-20-10-11-21-67(64)56-75)74-45-34-66(35-46-74)69-38-51-83-79-23-13-17-27-91(79)101(4,5)95(83)58-69/h10-62H,1-9H3. The summed E-state index contributed by atoms with van der Waals surface area (Å²) in [5.74, 6) is 0. The normalized spacial score (nSPS) is 14.6. The van der Waals surface area contributed by atoms with E-state index in [4.69, 9.17) is 0 Å². The van der Waals surface area contributed by atoms with Gasteiger partial charge in [-0.2, -0.15) is 0 Å². The molecule has 0 unspecified atom stereocenters. The van der Waals surface area contributed by atoms with Crippen molar-refractivity contribution >= 4 is 66.4 Å². The molecule has 20 rings (SSSR count). The summed E-state index contributed by atoms with van der Waals surface area (Å²) in [7, 11) is 0. The number of benzene rings is 16. The second kappa shape index (κ2) is 22.9. The van der Waals surface area contributed by atoms with Crippen molar-refractivity contribution in [3.63, 3.8) is 0 Å². The van der Waals surface area contributed by atoms with Crippen LogP contribution >= 0.6 is 0 Å². The lowest BCUT2D eigenvalue weighted by atomic mass is 9.79. The van der Waals surface area contributed by atoms with Crippen molar-refractivity contribution < 1.29 is 0 Å². The Kier molecular flexibility index (Phi) is 13.7. The van der Waals surface area contributed by atoms with Gasteiger partial charge in [0.1, 0.15) is 0 Å². The topological polar surface area (TPSA) is 6.48 Å². The van der Waals surface area contributed by atoms with E-state index in [2.05, 4.69) is 394 Å². The zero-order chi connectivity index (χ0) is 71.0. The third-order valence-electron chi connectivity index (χ3n) is 24.7. The van der Waals surface area contributed by atoms with Crippen LogP contribution in [0.3, 0.4) is 0 Å². The van der Waals surface area contributed by atoms with Gasteiger partial charge in [-0.05, 0) is 270 Å². The Morgan fingerprint density at radius 2 is 0.467 bits per heavy atom. The van der Waals surface area contributed by atoms with Gasteiger partial charge in [0, 0.05) is 55.8 Å². The molecule has 2 heteroatoms. The van der Waals surface area contributed by atoms with Crippen LogP contribution in [0.5, 0.6) is 0 Å². The Hall–Kier alpha value is -12.1. The van der Waals surface area contributed by atoms with E-state index in [9.17, 15) is 0 Å². The average Bonchev–Trinajstić information content (AvgIpc) is 1.77. The summed E-state index contributed by atoms with van der Waals surface area (Å²) in [4.78, 5) is 4.96. The SMILES string of the molecule is Cc1ccc(N(c2ccc(-c3ccc4c(c3)C(C)(C)c3ccccc3-4)cc2)c2ccc3c(-c4ccc5c(c4)C(C)(C)c4ccccc4-5)c4cc(N(c5ccc(-c6ccc7c(c6)C(C)(C)c6ccccc6-7)cc5)c5ccc6ccccc6c5)ccc4c(-c4ccc5c(c4)C(C)(C)c4ccccc4-5)c3c2)cc1. The summed E-state index contributed by atoms with van der Waals surface area (Å²) in [6.45, 7) is 21.3. The van der Waals surface area contributed by atoms with Gasteiger partial charge in [-0.3, -0.25) is 0 Å².